The van der Waals surface area contributed by atoms with E-state index in [0.717, 1.165) is 48.3 Å². The monoisotopic (exact) mass is 352 g/mol. The number of aromatic nitrogens is 3. The van der Waals surface area contributed by atoms with Gasteiger partial charge in [0.25, 0.3) is 0 Å². The number of H-pyrrole nitrogens is 1. The predicted octanol–water partition coefficient (Wildman–Crippen LogP) is 4.77. The van der Waals surface area contributed by atoms with E-state index in [0.29, 0.717) is 5.92 Å². The van der Waals surface area contributed by atoms with E-state index in [-0.39, 0.29) is 5.82 Å². The van der Waals surface area contributed by atoms with Gasteiger partial charge in [0.1, 0.15) is 11.5 Å². The fourth-order valence-electron chi connectivity index (χ4n) is 3.39. The van der Waals surface area contributed by atoms with Crippen molar-refractivity contribution in [3.8, 4) is 22.4 Å². The molecule has 1 aliphatic heterocycles. The molecule has 0 aliphatic carbocycles. The number of aromatic amines is 1. The van der Waals surface area contributed by atoms with Crippen LogP contribution in [0.5, 0.6) is 0 Å². The third-order valence-corrected chi connectivity index (χ3v) is 4.63. The lowest BCUT2D eigenvalue weighted by Gasteiger charge is -2.22. The Labute approximate surface area is 153 Å². The summed E-state index contributed by atoms with van der Waals surface area (Å²) in [6.45, 7) is 6.04. The van der Waals surface area contributed by atoms with Crippen molar-refractivity contribution in [1.29, 1.82) is 0 Å². The first-order valence-corrected chi connectivity index (χ1v) is 9.28. The molecule has 0 amide bonds. The van der Waals surface area contributed by atoms with Gasteiger partial charge in [0.15, 0.2) is 0 Å². The highest BCUT2D eigenvalue weighted by atomic mass is 19.1. The third kappa shape index (κ3) is 3.83. The summed E-state index contributed by atoms with van der Waals surface area (Å²) < 4.78 is 13.3. The SMILES string of the molecule is CC.Fc1ccc(-c2n[nH]c(C3CCNCC3)c2-c2ccncc2)cc1. The Morgan fingerprint density at radius 2 is 1.58 bits per heavy atom. The molecular formula is C21H25FN4. The summed E-state index contributed by atoms with van der Waals surface area (Å²) in [5.74, 6) is 0.217. The van der Waals surface area contributed by atoms with Crippen LogP contribution in [0.4, 0.5) is 4.39 Å². The lowest BCUT2D eigenvalue weighted by atomic mass is 9.88. The van der Waals surface area contributed by atoms with Gasteiger partial charge in [-0.15, -0.1) is 0 Å². The molecule has 4 rings (SSSR count). The van der Waals surface area contributed by atoms with Crippen LogP contribution in [0.25, 0.3) is 22.4 Å². The number of hydrogen-bond acceptors (Lipinski definition) is 3. The van der Waals surface area contributed by atoms with Gasteiger partial charge >= 0.3 is 0 Å². The minimum absolute atomic E-state index is 0.238. The molecule has 0 saturated carbocycles. The zero-order valence-corrected chi connectivity index (χ0v) is 15.3. The standard InChI is InChI=1S/C19H19FN4.C2H6/c20-16-3-1-14(2-4-16)18-17(13-5-9-21-10-6-13)19(24-23-18)15-7-11-22-12-8-15;1-2/h1-6,9-10,15,22H,7-8,11-12H2,(H,23,24);1-2H3. The number of halogens is 1. The van der Waals surface area contributed by atoms with Gasteiger partial charge in [-0.25, -0.2) is 4.39 Å². The molecule has 3 aromatic rings. The second kappa shape index (κ2) is 8.72. The van der Waals surface area contributed by atoms with Crippen molar-refractivity contribution in [3.63, 3.8) is 0 Å². The maximum absolute atomic E-state index is 13.3. The molecule has 2 aromatic heterocycles. The van der Waals surface area contributed by atoms with Crippen LogP contribution in [0.3, 0.4) is 0 Å². The van der Waals surface area contributed by atoms with Gasteiger partial charge in [-0.05, 0) is 67.9 Å². The van der Waals surface area contributed by atoms with Gasteiger partial charge in [-0.2, -0.15) is 5.10 Å². The Balaban J connectivity index is 0.000000948. The van der Waals surface area contributed by atoms with E-state index < -0.39 is 0 Å². The maximum atomic E-state index is 13.3. The van der Waals surface area contributed by atoms with Crippen LogP contribution in [0.2, 0.25) is 0 Å². The Morgan fingerprint density at radius 1 is 0.923 bits per heavy atom. The van der Waals surface area contributed by atoms with E-state index in [9.17, 15) is 4.39 Å². The number of hydrogen-bond donors (Lipinski definition) is 2. The summed E-state index contributed by atoms with van der Waals surface area (Å²) in [5, 5.41) is 11.2. The summed E-state index contributed by atoms with van der Waals surface area (Å²) >= 11 is 0. The van der Waals surface area contributed by atoms with E-state index in [1.54, 1.807) is 24.5 Å². The van der Waals surface area contributed by atoms with Gasteiger partial charge in [0.2, 0.25) is 0 Å². The molecule has 0 radical (unpaired) electrons. The van der Waals surface area contributed by atoms with Crippen LogP contribution in [0.1, 0.15) is 38.3 Å². The van der Waals surface area contributed by atoms with Crippen LogP contribution < -0.4 is 5.32 Å². The smallest absolute Gasteiger partial charge is 0.123 e. The number of rotatable bonds is 3. The van der Waals surface area contributed by atoms with Crippen molar-refractivity contribution >= 4 is 0 Å². The van der Waals surface area contributed by atoms with Gasteiger partial charge < -0.3 is 5.32 Å². The fraction of sp³-hybridized carbons (Fsp3) is 0.333. The number of nitrogens with one attached hydrogen (secondary N) is 2. The molecule has 5 heteroatoms. The molecule has 0 bridgehead atoms. The Kier molecular flexibility index (Phi) is 6.12. The molecule has 1 saturated heterocycles. The van der Waals surface area contributed by atoms with E-state index in [1.165, 1.54) is 17.8 Å². The second-order valence-corrected chi connectivity index (χ2v) is 6.13. The van der Waals surface area contributed by atoms with E-state index in [4.69, 9.17) is 0 Å². The average molecular weight is 352 g/mol. The van der Waals surface area contributed by atoms with Crippen molar-refractivity contribution < 1.29 is 4.39 Å². The highest BCUT2D eigenvalue weighted by molar-refractivity contribution is 5.82. The number of piperidine rings is 1. The maximum Gasteiger partial charge on any atom is 0.123 e. The first-order valence-electron chi connectivity index (χ1n) is 9.28. The summed E-state index contributed by atoms with van der Waals surface area (Å²) in [6.07, 6.45) is 5.76. The van der Waals surface area contributed by atoms with Crippen molar-refractivity contribution in [2.24, 2.45) is 0 Å². The number of benzene rings is 1. The molecule has 0 atom stereocenters. The summed E-state index contributed by atoms with van der Waals surface area (Å²) in [4.78, 5) is 4.12. The van der Waals surface area contributed by atoms with Crippen LogP contribution in [-0.4, -0.2) is 28.3 Å². The van der Waals surface area contributed by atoms with Gasteiger partial charge in [-0.1, -0.05) is 13.8 Å². The molecular weight excluding hydrogens is 327 g/mol. The first kappa shape index (κ1) is 18.3. The summed E-state index contributed by atoms with van der Waals surface area (Å²) in [6, 6.07) is 10.5. The molecule has 1 aromatic carbocycles. The van der Waals surface area contributed by atoms with E-state index in [1.807, 2.05) is 26.0 Å². The Bertz CT molecular complexity index is 806. The lowest BCUT2D eigenvalue weighted by Crippen LogP contribution is -2.27. The predicted molar refractivity (Wildman–Crippen MR) is 103 cm³/mol. The van der Waals surface area contributed by atoms with Crippen LogP contribution >= 0.6 is 0 Å². The minimum Gasteiger partial charge on any atom is -0.317 e. The molecule has 2 N–H and O–H groups in total. The molecule has 4 nitrogen and oxygen atoms in total. The van der Waals surface area contributed by atoms with Gasteiger partial charge in [0, 0.05) is 35.1 Å². The lowest BCUT2D eigenvalue weighted by molar-refractivity contribution is 0.453. The zero-order chi connectivity index (χ0) is 18.4. The highest BCUT2D eigenvalue weighted by Gasteiger charge is 2.24. The molecule has 0 unspecified atom stereocenters. The fourth-order valence-corrected chi connectivity index (χ4v) is 3.39. The van der Waals surface area contributed by atoms with Gasteiger partial charge in [-0.3, -0.25) is 10.1 Å². The quantitative estimate of drug-likeness (QED) is 0.714. The van der Waals surface area contributed by atoms with Gasteiger partial charge in [0.05, 0.1) is 0 Å². The third-order valence-electron chi connectivity index (χ3n) is 4.63. The number of nitrogens with zero attached hydrogens (tertiary/aromatic N) is 2. The van der Waals surface area contributed by atoms with Crippen LogP contribution in [-0.2, 0) is 0 Å². The average Bonchev–Trinajstić information content (AvgIpc) is 3.16. The Morgan fingerprint density at radius 3 is 2.23 bits per heavy atom. The normalized spacial score (nSPS) is 14.6. The number of pyridine rings is 1. The molecule has 26 heavy (non-hydrogen) atoms. The molecule has 3 heterocycles. The van der Waals surface area contributed by atoms with E-state index in [2.05, 4.69) is 20.5 Å². The van der Waals surface area contributed by atoms with Crippen LogP contribution in [0.15, 0.2) is 48.8 Å². The topological polar surface area (TPSA) is 53.6 Å². The molecule has 0 spiro atoms. The van der Waals surface area contributed by atoms with Crippen molar-refractivity contribution in [3.05, 3.63) is 60.3 Å². The highest BCUT2D eigenvalue weighted by Crippen LogP contribution is 2.38. The van der Waals surface area contributed by atoms with Crippen molar-refractivity contribution in [2.75, 3.05) is 13.1 Å². The summed E-state index contributed by atoms with van der Waals surface area (Å²) in [7, 11) is 0. The van der Waals surface area contributed by atoms with Crippen molar-refractivity contribution in [1.82, 2.24) is 20.5 Å². The zero-order valence-electron chi connectivity index (χ0n) is 15.3. The minimum atomic E-state index is -0.238. The summed E-state index contributed by atoms with van der Waals surface area (Å²) in [5.41, 5.74) is 5.15. The van der Waals surface area contributed by atoms with Crippen molar-refractivity contribution in [2.45, 2.75) is 32.6 Å². The Hall–Kier alpha value is -2.53. The molecule has 1 aliphatic rings. The van der Waals surface area contributed by atoms with Crippen LogP contribution in [0, 0.1) is 5.82 Å². The second-order valence-electron chi connectivity index (χ2n) is 6.13. The van der Waals surface area contributed by atoms with E-state index >= 15 is 0 Å². The molecule has 136 valence electrons. The first-order chi connectivity index (χ1) is 12.8. The molecule has 1 fully saturated rings. The largest absolute Gasteiger partial charge is 0.317 e.